The molecule has 0 bridgehead atoms. The number of nitrogens with one attached hydrogen (secondary N) is 1. The Balaban J connectivity index is 2.37. The fourth-order valence-electron chi connectivity index (χ4n) is 1.10. The summed E-state index contributed by atoms with van der Waals surface area (Å²) in [5, 5.41) is 4.80. The molecule has 0 aromatic heterocycles. The molecule has 0 saturated heterocycles. The van der Waals surface area contributed by atoms with Gasteiger partial charge in [0.1, 0.15) is 0 Å². The van der Waals surface area contributed by atoms with Crippen molar-refractivity contribution in [2.24, 2.45) is 5.73 Å². The van der Waals surface area contributed by atoms with E-state index in [0.717, 1.165) is 5.69 Å². The van der Waals surface area contributed by atoms with E-state index in [1.165, 1.54) is 0 Å². The summed E-state index contributed by atoms with van der Waals surface area (Å²) in [5.74, 6) is 0. The second kappa shape index (κ2) is 7.79. The molecule has 2 nitrogen and oxygen atoms in total. The maximum Gasteiger partial charge on any atom is 0.0430 e. The van der Waals surface area contributed by atoms with Crippen molar-refractivity contribution in [2.75, 3.05) is 5.32 Å². The molecule has 1 aromatic carbocycles. The first-order chi connectivity index (χ1) is 7.83. The minimum absolute atomic E-state index is 0.0965. The summed E-state index contributed by atoms with van der Waals surface area (Å²) < 4.78 is 0. The minimum atomic E-state index is -0.0965. The van der Waals surface area contributed by atoms with Crippen molar-refractivity contribution in [3.05, 3.63) is 66.2 Å². The Labute approximate surface area is 102 Å². The van der Waals surface area contributed by atoms with Crippen molar-refractivity contribution < 1.29 is 0 Å². The average molecular weight is 232 g/mol. The standard InChI is InChI=1S/C13H16N2S/c14-12(6-4-5-11-16)9-10-15-13-7-2-1-3-8-13/h1-12,15-16H,14H2/b6-4+,10-9-,11-5-/t12-/m1/s1. The number of allylic oxidation sites excluding steroid dienone is 2. The predicted octanol–water partition coefficient (Wildman–Crippen LogP) is 2.94. The van der Waals surface area contributed by atoms with Gasteiger partial charge in [-0.05, 0) is 29.8 Å². The van der Waals surface area contributed by atoms with Crippen molar-refractivity contribution in [2.45, 2.75) is 6.04 Å². The summed E-state index contributed by atoms with van der Waals surface area (Å²) >= 11 is 3.94. The first kappa shape index (κ1) is 12.6. The average Bonchev–Trinajstić information content (AvgIpc) is 2.31. The highest BCUT2D eigenvalue weighted by Crippen LogP contribution is 2.04. The van der Waals surface area contributed by atoms with Gasteiger partial charge in [-0.3, -0.25) is 0 Å². The zero-order chi connectivity index (χ0) is 11.6. The Hall–Kier alpha value is -1.45. The number of thiol groups is 1. The lowest BCUT2D eigenvalue weighted by atomic mass is 10.2. The van der Waals surface area contributed by atoms with Crippen LogP contribution in [0.15, 0.2) is 66.2 Å². The Kier molecular flexibility index (Phi) is 6.15. The molecule has 0 fully saturated rings. The molecule has 0 aliphatic rings. The van der Waals surface area contributed by atoms with Crippen LogP contribution in [0, 0.1) is 0 Å². The molecule has 1 rings (SSSR count). The first-order valence-electron chi connectivity index (χ1n) is 5.04. The molecule has 0 saturated carbocycles. The molecule has 0 heterocycles. The summed E-state index contributed by atoms with van der Waals surface area (Å²) in [6.07, 6.45) is 9.30. The van der Waals surface area contributed by atoms with E-state index in [1.54, 1.807) is 5.41 Å². The molecule has 0 unspecified atom stereocenters. The maximum atomic E-state index is 5.81. The normalized spacial score (nSPS) is 13.9. The number of benzene rings is 1. The third-order valence-electron chi connectivity index (χ3n) is 1.87. The van der Waals surface area contributed by atoms with Gasteiger partial charge in [0.05, 0.1) is 0 Å². The topological polar surface area (TPSA) is 38.0 Å². The number of nitrogens with two attached hydrogens (primary N) is 1. The van der Waals surface area contributed by atoms with Gasteiger partial charge in [0.2, 0.25) is 0 Å². The number of hydrogen-bond acceptors (Lipinski definition) is 3. The molecule has 3 heteroatoms. The van der Waals surface area contributed by atoms with Crippen LogP contribution < -0.4 is 11.1 Å². The van der Waals surface area contributed by atoms with Crippen molar-refractivity contribution in [3.8, 4) is 0 Å². The van der Waals surface area contributed by atoms with Crippen LogP contribution in [0.3, 0.4) is 0 Å². The van der Waals surface area contributed by atoms with Gasteiger partial charge in [0.25, 0.3) is 0 Å². The van der Waals surface area contributed by atoms with Gasteiger partial charge in [-0.15, -0.1) is 0 Å². The minimum Gasteiger partial charge on any atom is -0.362 e. The Bertz CT molecular complexity index is 369. The van der Waals surface area contributed by atoms with Crippen LogP contribution in [0.25, 0.3) is 0 Å². The summed E-state index contributed by atoms with van der Waals surface area (Å²) in [5.41, 5.74) is 6.85. The third kappa shape index (κ3) is 5.44. The van der Waals surface area contributed by atoms with Crippen LogP contribution in [0.4, 0.5) is 5.69 Å². The molecule has 84 valence electrons. The van der Waals surface area contributed by atoms with Crippen molar-refractivity contribution in [3.63, 3.8) is 0 Å². The molecule has 0 radical (unpaired) electrons. The smallest absolute Gasteiger partial charge is 0.0430 e. The van der Waals surface area contributed by atoms with Crippen LogP contribution in [0.5, 0.6) is 0 Å². The monoisotopic (exact) mass is 232 g/mol. The summed E-state index contributed by atoms with van der Waals surface area (Å²) in [4.78, 5) is 0. The van der Waals surface area contributed by atoms with Crippen molar-refractivity contribution in [1.29, 1.82) is 0 Å². The Morgan fingerprint density at radius 1 is 1.12 bits per heavy atom. The molecule has 0 spiro atoms. The largest absolute Gasteiger partial charge is 0.362 e. The lowest BCUT2D eigenvalue weighted by Crippen LogP contribution is -2.13. The highest BCUT2D eigenvalue weighted by Gasteiger charge is 1.88. The van der Waals surface area contributed by atoms with Gasteiger partial charge in [-0.1, -0.05) is 36.4 Å². The maximum absolute atomic E-state index is 5.81. The van der Waals surface area contributed by atoms with E-state index < -0.39 is 0 Å². The molecule has 1 atom stereocenters. The fourth-order valence-corrected chi connectivity index (χ4v) is 1.20. The van der Waals surface area contributed by atoms with E-state index in [9.17, 15) is 0 Å². The first-order valence-corrected chi connectivity index (χ1v) is 5.56. The molecule has 1 aromatic rings. The van der Waals surface area contributed by atoms with Crippen LogP contribution in [0.1, 0.15) is 0 Å². The Morgan fingerprint density at radius 2 is 1.88 bits per heavy atom. The third-order valence-corrected chi connectivity index (χ3v) is 2.04. The van der Waals surface area contributed by atoms with Crippen molar-refractivity contribution in [1.82, 2.24) is 0 Å². The van der Waals surface area contributed by atoms with E-state index in [0.29, 0.717) is 0 Å². The van der Waals surface area contributed by atoms with Gasteiger partial charge in [0, 0.05) is 11.7 Å². The lowest BCUT2D eigenvalue weighted by Gasteiger charge is -2.01. The van der Waals surface area contributed by atoms with Crippen LogP contribution >= 0.6 is 12.6 Å². The van der Waals surface area contributed by atoms with Crippen molar-refractivity contribution >= 4 is 18.3 Å². The second-order valence-corrected chi connectivity index (χ2v) is 3.47. The van der Waals surface area contributed by atoms with E-state index in [1.807, 2.05) is 60.8 Å². The number of hydrogen-bond donors (Lipinski definition) is 3. The van der Waals surface area contributed by atoms with Gasteiger partial charge in [0.15, 0.2) is 0 Å². The van der Waals surface area contributed by atoms with Crippen LogP contribution in [-0.4, -0.2) is 6.04 Å². The van der Waals surface area contributed by atoms with Gasteiger partial charge in [-0.25, -0.2) is 0 Å². The SMILES string of the molecule is N[C@@H](/C=C\Nc1ccccc1)/C=C/C=C\S. The van der Waals surface area contributed by atoms with E-state index >= 15 is 0 Å². The van der Waals surface area contributed by atoms with E-state index in [2.05, 4.69) is 17.9 Å². The summed E-state index contributed by atoms with van der Waals surface area (Å²) in [7, 11) is 0. The zero-order valence-corrected chi connectivity index (χ0v) is 9.85. The second-order valence-electron chi connectivity index (χ2n) is 3.17. The Morgan fingerprint density at radius 3 is 2.56 bits per heavy atom. The molecule has 16 heavy (non-hydrogen) atoms. The number of para-hydroxylation sites is 1. The molecular formula is C13H16N2S. The van der Waals surface area contributed by atoms with Gasteiger partial charge < -0.3 is 11.1 Å². The highest BCUT2D eigenvalue weighted by atomic mass is 32.1. The molecular weight excluding hydrogens is 216 g/mol. The van der Waals surface area contributed by atoms with E-state index in [-0.39, 0.29) is 6.04 Å². The summed E-state index contributed by atoms with van der Waals surface area (Å²) in [6, 6.07) is 9.83. The fraction of sp³-hybridized carbons (Fsp3) is 0.0769. The molecule has 0 amide bonds. The van der Waals surface area contributed by atoms with Gasteiger partial charge >= 0.3 is 0 Å². The van der Waals surface area contributed by atoms with Crippen LogP contribution in [0.2, 0.25) is 0 Å². The van der Waals surface area contributed by atoms with Gasteiger partial charge in [-0.2, -0.15) is 12.6 Å². The molecule has 0 aliphatic heterocycles. The number of anilines is 1. The number of rotatable bonds is 5. The quantitative estimate of drug-likeness (QED) is 0.539. The molecule has 0 aliphatic carbocycles. The highest BCUT2D eigenvalue weighted by molar-refractivity contribution is 7.83. The predicted molar refractivity (Wildman–Crippen MR) is 74.4 cm³/mol. The van der Waals surface area contributed by atoms with Crippen LogP contribution in [-0.2, 0) is 0 Å². The molecule has 3 N–H and O–H groups in total. The zero-order valence-electron chi connectivity index (χ0n) is 8.95. The summed E-state index contributed by atoms with van der Waals surface area (Å²) in [6.45, 7) is 0. The lowest BCUT2D eigenvalue weighted by molar-refractivity contribution is 1.03. The van der Waals surface area contributed by atoms with E-state index in [4.69, 9.17) is 5.73 Å².